The molecule has 0 heterocycles. The molecule has 1 rings (SSSR count). The lowest BCUT2D eigenvalue weighted by molar-refractivity contribution is 0.119. The Morgan fingerprint density at radius 1 is 1.64 bits per heavy atom. The second-order valence-corrected chi connectivity index (χ2v) is 2.80. The Bertz CT molecular complexity index is 235. The fourth-order valence-corrected chi connectivity index (χ4v) is 1.01. The molecule has 11 heavy (non-hydrogen) atoms. The van der Waals surface area contributed by atoms with Crippen molar-refractivity contribution in [2.45, 2.75) is 17.9 Å². The molecule has 0 saturated heterocycles. The van der Waals surface area contributed by atoms with Crippen molar-refractivity contribution in [3.05, 3.63) is 29.8 Å². The van der Waals surface area contributed by atoms with E-state index in [0.29, 0.717) is 0 Å². The molecule has 0 spiro atoms. The molecule has 0 N–H and O–H groups in total. The van der Waals surface area contributed by atoms with Gasteiger partial charge in [0.05, 0.1) is 11.0 Å². The van der Waals surface area contributed by atoms with Gasteiger partial charge in [0.1, 0.15) is 0 Å². The molecule has 0 bridgehead atoms. The van der Waals surface area contributed by atoms with E-state index in [2.05, 4.69) is 24.8 Å². The van der Waals surface area contributed by atoms with Gasteiger partial charge in [-0.15, -0.1) is 12.6 Å². The Hall–Kier alpha value is -0.650. The molecule has 1 unspecified atom stereocenters. The number of rotatable bonds is 2. The normalized spacial score (nSPS) is 12.3. The molecule has 0 aliphatic carbocycles. The van der Waals surface area contributed by atoms with Gasteiger partial charge in [0, 0.05) is 7.11 Å². The summed E-state index contributed by atoms with van der Waals surface area (Å²) in [4.78, 5) is 0.798. The van der Waals surface area contributed by atoms with Gasteiger partial charge in [0.2, 0.25) is 0 Å². The molecule has 0 fully saturated rings. The van der Waals surface area contributed by atoms with Crippen LogP contribution in [0.1, 0.15) is 18.6 Å². The molecule has 0 saturated carbocycles. The summed E-state index contributed by atoms with van der Waals surface area (Å²) in [6.45, 7) is 1.98. The summed E-state index contributed by atoms with van der Waals surface area (Å²) in [6, 6.07) is 9.48. The Labute approximate surface area is 72.8 Å². The molecule has 0 aromatic heterocycles. The lowest BCUT2D eigenvalue weighted by Crippen LogP contribution is -1.94. The van der Waals surface area contributed by atoms with Crippen LogP contribution in [0.4, 0.5) is 0 Å². The topological polar surface area (TPSA) is 9.23 Å². The highest BCUT2D eigenvalue weighted by Crippen LogP contribution is 2.15. The average molecular weight is 166 g/mol. The van der Waals surface area contributed by atoms with Crippen LogP contribution in [0, 0.1) is 12.1 Å². The standard InChI is InChI=1S/C9H10OS/c1-7(10-2)8-4-3-5-9(11)6-8/h4,6-7,11H,1-2H3. The quantitative estimate of drug-likeness (QED) is 0.663. The van der Waals surface area contributed by atoms with Gasteiger partial charge in [-0.3, -0.25) is 0 Å². The molecule has 58 valence electrons. The van der Waals surface area contributed by atoms with Crippen LogP contribution in [0.15, 0.2) is 17.0 Å². The van der Waals surface area contributed by atoms with Crippen molar-refractivity contribution in [1.82, 2.24) is 0 Å². The van der Waals surface area contributed by atoms with E-state index in [1.165, 1.54) is 0 Å². The van der Waals surface area contributed by atoms with Crippen molar-refractivity contribution in [1.29, 1.82) is 0 Å². The van der Waals surface area contributed by atoms with Gasteiger partial charge >= 0.3 is 0 Å². The summed E-state index contributed by atoms with van der Waals surface area (Å²) in [6.07, 6.45) is 0.103. The molecular formula is C9H10OS. The van der Waals surface area contributed by atoms with Crippen molar-refractivity contribution in [3.63, 3.8) is 0 Å². The highest BCUT2D eigenvalue weighted by molar-refractivity contribution is 7.80. The maximum absolute atomic E-state index is 5.12. The Kier molecular flexibility index (Phi) is 2.81. The monoisotopic (exact) mass is 166 g/mol. The average Bonchev–Trinajstić information content (AvgIpc) is 2.03. The van der Waals surface area contributed by atoms with Gasteiger partial charge in [-0.05, 0) is 24.6 Å². The van der Waals surface area contributed by atoms with E-state index in [1.54, 1.807) is 7.11 Å². The first kappa shape index (κ1) is 8.45. The van der Waals surface area contributed by atoms with E-state index in [9.17, 15) is 0 Å². The zero-order valence-electron chi connectivity index (χ0n) is 6.59. The lowest BCUT2D eigenvalue weighted by atomic mass is 10.1. The third-order valence-electron chi connectivity index (χ3n) is 1.57. The van der Waals surface area contributed by atoms with Crippen molar-refractivity contribution < 1.29 is 4.74 Å². The fourth-order valence-electron chi connectivity index (χ4n) is 0.800. The van der Waals surface area contributed by atoms with Crippen LogP contribution in [0.25, 0.3) is 0 Å². The van der Waals surface area contributed by atoms with E-state index in [-0.39, 0.29) is 6.10 Å². The van der Waals surface area contributed by atoms with Crippen LogP contribution in [0.2, 0.25) is 0 Å². The van der Waals surface area contributed by atoms with Crippen LogP contribution < -0.4 is 0 Å². The molecular weight excluding hydrogens is 156 g/mol. The minimum atomic E-state index is 0.103. The van der Waals surface area contributed by atoms with Crippen LogP contribution >= 0.6 is 12.6 Å². The first-order valence-electron chi connectivity index (χ1n) is 3.39. The van der Waals surface area contributed by atoms with E-state index in [1.807, 2.05) is 19.1 Å². The van der Waals surface area contributed by atoms with E-state index in [4.69, 9.17) is 4.74 Å². The lowest BCUT2D eigenvalue weighted by Gasteiger charge is -2.07. The number of hydrogen-bond acceptors (Lipinski definition) is 2. The zero-order valence-corrected chi connectivity index (χ0v) is 7.48. The van der Waals surface area contributed by atoms with Crippen molar-refractivity contribution in [2.75, 3.05) is 7.11 Å². The van der Waals surface area contributed by atoms with Crippen molar-refractivity contribution in [2.24, 2.45) is 0 Å². The van der Waals surface area contributed by atoms with E-state index >= 15 is 0 Å². The third-order valence-corrected chi connectivity index (χ3v) is 1.81. The second kappa shape index (κ2) is 3.66. The molecule has 1 aromatic rings. The highest BCUT2D eigenvalue weighted by atomic mass is 32.1. The van der Waals surface area contributed by atoms with Crippen LogP contribution in [-0.4, -0.2) is 7.11 Å². The molecule has 2 heteroatoms. The van der Waals surface area contributed by atoms with Gasteiger partial charge in [0.25, 0.3) is 0 Å². The molecule has 0 amide bonds. The second-order valence-electron chi connectivity index (χ2n) is 2.32. The predicted molar refractivity (Wildman–Crippen MR) is 46.8 cm³/mol. The van der Waals surface area contributed by atoms with Crippen molar-refractivity contribution >= 4 is 12.6 Å². The highest BCUT2D eigenvalue weighted by Gasteiger charge is 2.01. The van der Waals surface area contributed by atoms with Gasteiger partial charge in [-0.25, -0.2) is 0 Å². The number of methoxy groups -OCH3 is 1. The predicted octanol–water partition coefficient (Wildman–Crippen LogP) is 2.28. The molecule has 1 aromatic carbocycles. The van der Waals surface area contributed by atoms with Gasteiger partial charge in [-0.1, -0.05) is 12.1 Å². The fraction of sp³-hybridized carbons (Fsp3) is 0.333. The van der Waals surface area contributed by atoms with Gasteiger partial charge in [-0.2, -0.15) is 0 Å². The summed E-state index contributed by atoms with van der Waals surface area (Å²) in [5.74, 6) is 0. The zero-order chi connectivity index (χ0) is 8.27. The minimum Gasteiger partial charge on any atom is -0.377 e. The number of thiol groups is 1. The smallest absolute Gasteiger partial charge is 0.0799 e. The molecule has 1 nitrogen and oxygen atoms in total. The summed E-state index contributed by atoms with van der Waals surface area (Å²) in [5, 5.41) is 0. The summed E-state index contributed by atoms with van der Waals surface area (Å²) in [7, 11) is 1.68. The first-order chi connectivity index (χ1) is 5.24. The summed E-state index contributed by atoms with van der Waals surface area (Å²) < 4.78 is 5.12. The maximum atomic E-state index is 5.12. The minimum absolute atomic E-state index is 0.103. The maximum Gasteiger partial charge on any atom is 0.0799 e. The van der Waals surface area contributed by atoms with Gasteiger partial charge in [0.15, 0.2) is 0 Å². The largest absolute Gasteiger partial charge is 0.377 e. The third kappa shape index (κ3) is 2.14. The summed E-state index contributed by atoms with van der Waals surface area (Å²) >= 11 is 4.15. The number of hydrogen-bond donors (Lipinski definition) is 1. The number of ether oxygens (including phenoxy) is 1. The Morgan fingerprint density at radius 3 is 2.91 bits per heavy atom. The van der Waals surface area contributed by atoms with E-state index in [0.717, 1.165) is 10.5 Å². The molecule has 0 radical (unpaired) electrons. The van der Waals surface area contributed by atoms with Gasteiger partial charge < -0.3 is 4.74 Å². The molecule has 1 atom stereocenters. The van der Waals surface area contributed by atoms with E-state index < -0.39 is 0 Å². The summed E-state index contributed by atoms with van der Waals surface area (Å²) in [5.41, 5.74) is 1.08. The SMILES string of the molecule is COC(C)c1cc#cc(S)c1. The van der Waals surface area contributed by atoms with Crippen LogP contribution in [0.5, 0.6) is 0 Å². The van der Waals surface area contributed by atoms with Crippen LogP contribution in [-0.2, 0) is 4.74 Å². The van der Waals surface area contributed by atoms with Crippen molar-refractivity contribution in [3.8, 4) is 0 Å². The molecule has 0 aliphatic rings. The molecule has 0 aliphatic heterocycles. The van der Waals surface area contributed by atoms with Crippen LogP contribution in [0.3, 0.4) is 0 Å². The Balaban J connectivity index is 2.86. The first-order valence-corrected chi connectivity index (χ1v) is 3.84. The Morgan fingerprint density at radius 2 is 2.36 bits per heavy atom.